The number of fused-ring (bicyclic) bond motifs is 6. The number of ether oxygens (including phenoxy) is 2. The van der Waals surface area contributed by atoms with Crippen LogP contribution in [0.2, 0.25) is 0 Å². The normalized spacial score (nSPS) is 21.5. The molecule has 3 aliphatic heterocycles. The van der Waals surface area contributed by atoms with Gasteiger partial charge in [-0.2, -0.15) is 0 Å². The van der Waals surface area contributed by atoms with Crippen LogP contribution in [0.25, 0.3) is 0 Å². The molecule has 6 nitrogen and oxygen atoms in total. The van der Waals surface area contributed by atoms with Crippen molar-refractivity contribution >= 4 is 11.7 Å². The molecular formula is C24H20N2O4. The summed E-state index contributed by atoms with van der Waals surface area (Å²) in [5.41, 5.74) is 2.81. The van der Waals surface area contributed by atoms with Crippen LogP contribution in [0.15, 0.2) is 60.7 Å². The Balaban J connectivity index is 1.59. The molecule has 1 unspecified atom stereocenters. The molecule has 1 saturated heterocycles. The lowest BCUT2D eigenvalue weighted by atomic mass is 9.77. The zero-order chi connectivity index (χ0) is 20.3. The number of phenolic OH excluding ortho intramolecular Hbond substituents is 1. The summed E-state index contributed by atoms with van der Waals surface area (Å²) in [6.07, 6.45) is 0. The third-order valence-corrected chi connectivity index (χ3v) is 6.16. The van der Waals surface area contributed by atoms with E-state index in [1.807, 2.05) is 30.3 Å². The highest BCUT2D eigenvalue weighted by atomic mass is 16.6. The van der Waals surface area contributed by atoms with Gasteiger partial charge in [-0.3, -0.25) is 0 Å². The molecule has 0 aliphatic carbocycles. The summed E-state index contributed by atoms with van der Waals surface area (Å²) in [6.45, 7) is 3.70. The average molecular weight is 400 g/mol. The molecule has 0 saturated carbocycles. The maximum Gasteiger partial charge on any atom is 0.340 e. The number of nitrogens with one attached hydrogen (secondary N) is 1. The van der Waals surface area contributed by atoms with Gasteiger partial charge in [0.25, 0.3) is 0 Å². The minimum atomic E-state index is -1.09. The van der Waals surface area contributed by atoms with Gasteiger partial charge in [0.1, 0.15) is 17.2 Å². The van der Waals surface area contributed by atoms with Crippen molar-refractivity contribution in [2.75, 3.05) is 31.1 Å². The predicted octanol–water partition coefficient (Wildman–Crippen LogP) is 3.37. The molecule has 1 atom stereocenters. The highest BCUT2D eigenvalue weighted by Crippen LogP contribution is 2.56. The lowest BCUT2D eigenvalue weighted by Gasteiger charge is -2.37. The van der Waals surface area contributed by atoms with E-state index in [-0.39, 0.29) is 11.7 Å². The van der Waals surface area contributed by atoms with Gasteiger partial charge in [0.15, 0.2) is 5.60 Å². The van der Waals surface area contributed by atoms with Crippen LogP contribution in [-0.2, 0) is 10.3 Å². The Morgan fingerprint density at radius 1 is 0.900 bits per heavy atom. The second-order valence-corrected chi connectivity index (χ2v) is 7.82. The highest BCUT2D eigenvalue weighted by molar-refractivity contribution is 5.97. The van der Waals surface area contributed by atoms with Crippen LogP contribution in [0, 0.1) is 0 Å². The number of hydrogen-bond donors (Lipinski definition) is 2. The number of phenols is 1. The Bertz CT molecular complexity index is 1190. The Morgan fingerprint density at radius 2 is 1.63 bits per heavy atom. The lowest BCUT2D eigenvalue weighted by Crippen LogP contribution is -2.43. The van der Waals surface area contributed by atoms with E-state index >= 15 is 0 Å². The molecule has 3 heterocycles. The molecule has 3 aliphatic rings. The topological polar surface area (TPSA) is 71.0 Å². The number of carbonyl (C=O) groups is 1. The maximum absolute atomic E-state index is 12.8. The van der Waals surface area contributed by atoms with Crippen LogP contribution in [0.1, 0.15) is 27.0 Å². The lowest BCUT2D eigenvalue weighted by molar-refractivity contribution is 0.0224. The first kappa shape index (κ1) is 17.4. The molecule has 1 spiro atoms. The zero-order valence-electron chi connectivity index (χ0n) is 16.2. The second-order valence-electron chi connectivity index (χ2n) is 7.82. The van der Waals surface area contributed by atoms with Crippen molar-refractivity contribution in [2.45, 2.75) is 5.60 Å². The van der Waals surface area contributed by atoms with Crippen LogP contribution >= 0.6 is 0 Å². The van der Waals surface area contributed by atoms with Gasteiger partial charge in [-0.25, -0.2) is 4.79 Å². The highest BCUT2D eigenvalue weighted by Gasteiger charge is 2.53. The van der Waals surface area contributed by atoms with Gasteiger partial charge in [0.05, 0.1) is 5.56 Å². The van der Waals surface area contributed by atoms with Crippen LogP contribution in [0.3, 0.4) is 0 Å². The largest absolute Gasteiger partial charge is 0.508 e. The first-order valence-corrected chi connectivity index (χ1v) is 10.1. The molecule has 6 heteroatoms. The number of esters is 1. The summed E-state index contributed by atoms with van der Waals surface area (Å²) in [5.74, 6) is 0.866. The standard InChI is InChI=1S/C24H20N2O4/c27-16-6-8-20-22(14-16)29-21-13-15(26-11-9-25-10-12-26)5-7-19(21)24(20)18-4-2-1-3-17(18)23(28)30-24/h1-8,13-14,25,27H,9-12H2. The molecule has 0 aromatic heterocycles. The van der Waals surface area contributed by atoms with Crippen molar-refractivity contribution in [2.24, 2.45) is 0 Å². The molecule has 6 rings (SSSR count). The Kier molecular flexibility index (Phi) is 3.61. The van der Waals surface area contributed by atoms with Crippen molar-refractivity contribution < 1.29 is 19.4 Å². The summed E-state index contributed by atoms with van der Waals surface area (Å²) in [4.78, 5) is 15.1. The summed E-state index contributed by atoms with van der Waals surface area (Å²) >= 11 is 0. The number of carbonyl (C=O) groups excluding carboxylic acids is 1. The number of hydrogen-bond acceptors (Lipinski definition) is 6. The van der Waals surface area contributed by atoms with Crippen molar-refractivity contribution in [3.8, 4) is 17.2 Å². The number of aromatic hydroxyl groups is 1. The fourth-order valence-corrected chi connectivity index (χ4v) is 4.77. The van der Waals surface area contributed by atoms with E-state index in [9.17, 15) is 9.90 Å². The molecule has 1 fully saturated rings. The van der Waals surface area contributed by atoms with E-state index in [1.54, 1.807) is 24.3 Å². The third kappa shape index (κ3) is 2.31. The van der Waals surface area contributed by atoms with Gasteiger partial charge >= 0.3 is 5.97 Å². The van der Waals surface area contributed by atoms with E-state index < -0.39 is 5.60 Å². The Hall–Kier alpha value is -3.51. The first-order chi connectivity index (χ1) is 14.7. The first-order valence-electron chi connectivity index (χ1n) is 10.1. The molecule has 30 heavy (non-hydrogen) atoms. The molecule has 0 bridgehead atoms. The van der Waals surface area contributed by atoms with Crippen LogP contribution in [0.5, 0.6) is 17.2 Å². The molecule has 0 radical (unpaired) electrons. The van der Waals surface area contributed by atoms with E-state index in [2.05, 4.69) is 16.3 Å². The Labute approximate surface area is 173 Å². The smallest absolute Gasteiger partial charge is 0.340 e. The molecule has 0 amide bonds. The van der Waals surface area contributed by atoms with Gasteiger partial charge < -0.3 is 24.8 Å². The summed E-state index contributed by atoms with van der Waals surface area (Å²) in [7, 11) is 0. The van der Waals surface area contributed by atoms with Gasteiger partial charge in [0, 0.05) is 60.7 Å². The number of nitrogens with zero attached hydrogens (tertiary/aromatic N) is 1. The van der Waals surface area contributed by atoms with E-state index in [0.29, 0.717) is 22.6 Å². The van der Waals surface area contributed by atoms with Crippen molar-refractivity contribution in [3.63, 3.8) is 0 Å². The summed E-state index contributed by atoms with van der Waals surface area (Å²) in [6, 6.07) is 18.5. The number of benzene rings is 3. The minimum absolute atomic E-state index is 0.100. The minimum Gasteiger partial charge on any atom is -0.508 e. The van der Waals surface area contributed by atoms with Crippen molar-refractivity contribution in [1.82, 2.24) is 5.32 Å². The number of rotatable bonds is 1. The quantitative estimate of drug-likeness (QED) is 0.611. The third-order valence-electron chi connectivity index (χ3n) is 6.16. The van der Waals surface area contributed by atoms with E-state index in [0.717, 1.165) is 43.0 Å². The molecular weight excluding hydrogens is 380 g/mol. The average Bonchev–Trinajstić information content (AvgIpc) is 3.07. The maximum atomic E-state index is 12.8. The zero-order valence-corrected chi connectivity index (χ0v) is 16.2. The van der Waals surface area contributed by atoms with Crippen molar-refractivity contribution in [3.05, 3.63) is 82.9 Å². The monoisotopic (exact) mass is 400 g/mol. The summed E-state index contributed by atoms with van der Waals surface area (Å²) < 4.78 is 12.3. The van der Waals surface area contributed by atoms with Crippen LogP contribution in [0.4, 0.5) is 5.69 Å². The van der Waals surface area contributed by atoms with Gasteiger partial charge in [0.2, 0.25) is 0 Å². The molecule has 2 N–H and O–H groups in total. The Morgan fingerprint density at radius 3 is 2.47 bits per heavy atom. The van der Waals surface area contributed by atoms with Gasteiger partial charge in [-0.15, -0.1) is 0 Å². The predicted molar refractivity (Wildman–Crippen MR) is 111 cm³/mol. The van der Waals surface area contributed by atoms with Crippen LogP contribution in [-0.4, -0.2) is 37.3 Å². The fraction of sp³-hybridized carbons (Fsp3) is 0.208. The molecule has 3 aromatic rings. The van der Waals surface area contributed by atoms with Gasteiger partial charge in [-0.1, -0.05) is 18.2 Å². The number of anilines is 1. The van der Waals surface area contributed by atoms with E-state index in [4.69, 9.17) is 9.47 Å². The SMILES string of the molecule is O=C1OC2(c3ccc(O)cc3Oc3cc(N4CCNCC4)ccc32)c2ccccc21. The van der Waals surface area contributed by atoms with Crippen LogP contribution < -0.4 is 15.0 Å². The number of piperazine rings is 1. The van der Waals surface area contributed by atoms with Crippen molar-refractivity contribution in [1.29, 1.82) is 0 Å². The molecule has 150 valence electrons. The van der Waals surface area contributed by atoms with Gasteiger partial charge in [-0.05, 0) is 30.3 Å². The van der Waals surface area contributed by atoms with E-state index in [1.165, 1.54) is 0 Å². The molecule has 3 aromatic carbocycles. The summed E-state index contributed by atoms with van der Waals surface area (Å²) in [5, 5.41) is 13.4. The fourth-order valence-electron chi connectivity index (χ4n) is 4.77. The second kappa shape index (κ2) is 6.24.